The molecule has 3 rings (SSSR count). The SMILES string of the molecule is CCCCCCCCCCC[C@H](CC(=O)N[C@@H](COCc1ccccc1)CO[C@@H]1O[C@@H]2COC(C)(C)O[C@H]2[C@H](OC(=O)C[C@@H](CCCCCCCCCCC)OC(=O)CCCCCC)[C@H]1NC(=O)OCC(Cl)(Cl)Cl)OC(=O)CCCCCC. The molecule has 2 fully saturated rings. The van der Waals surface area contributed by atoms with Crippen LogP contribution in [0.15, 0.2) is 30.3 Å². The van der Waals surface area contributed by atoms with Crippen LogP contribution in [-0.2, 0) is 68.4 Å². The van der Waals surface area contributed by atoms with Crippen LogP contribution < -0.4 is 10.6 Å². The molecule has 0 radical (unpaired) electrons. The molecule has 2 amide bonds. The molecule has 1 aromatic rings. The number of fused-ring (bicyclic) bond motifs is 1. The molecule has 1 aromatic carbocycles. The van der Waals surface area contributed by atoms with E-state index in [4.69, 9.17) is 77.4 Å². The van der Waals surface area contributed by atoms with Crippen molar-refractivity contribution in [1.82, 2.24) is 10.6 Å². The van der Waals surface area contributed by atoms with E-state index in [0.717, 1.165) is 102 Å². The lowest BCUT2D eigenvalue weighted by Gasteiger charge is -2.50. The van der Waals surface area contributed by atoms with E-state index in [1.54, 1.807) is 13.8 Å². The average Bonchev–Trinajstić information content (AvgIpc) is 2.93. The molecule has 2 N–H and O–H groups in total. The summed E-state index contributed by atoms with van der Waals surface area (Å²) in [5.74, 6) is -2.94. The number of benzene rings is 1. The van der Waals surface area contributed by atoms with Crippen molar-refractivity contribution in [3.63, 3.8) is 0 Å². The maximum Gasteiger partial charge on any atom is 0.407 e. The second-order valence-electron chi connectivity index (χ2n) is 23.2. The van der Waals surface area contributed by atoms with Crippen LogP contribution in [0.3, 0.4) is 0 Å². The summed E-state index contributed by atoms with van der Waals surface area (Å²) in [5.41, 5.74) is 0.909. The van der Waals surface area contributed by atoms with Crippen LogP contribution in [0, 0.1) is 0 Å². The lowest BCUT2D eigenvalue weighted by atomic mass is 9.95. The van der Waals surface area contributed by atoms with Crippen LogP contribution in [0.2, 0.25) is 0 Å². The van der Waals surface area contributed by atoms with E-state index in [0.29, 0.717) is 19.3 Å². The molecule has 2 aliphatic rings. The first-order chi connectivity index (χ1) is 39.9. The minimum Gasteiger partial charge on any atom is -0.462 e. The number of halogens is 3. The second-order valence-corrected chi connectivity index (χ2v) is 25.8. The smallest absolute Gasteiger partial charge is 0.407 e. The Bertz CT molecular complexity index is 1900. The quantitative estimate of drug-likeness (QED) is 0.0271. The Morgan fingerprint density at radius 3 is 1.65 bits per heavy atom. The summed E-state index contributed by atoms with van der Waals surface area (Å²) in [6.07, 6.45) is 21.5. The van der Waals surface area contributed by atoms with Gasteiger partial charge in [-0.3, -0.25) is 19.2 Å². The van der Waals surface area contributed by atoms with Gasteiger partial charge < -0.3 is 53.3 Å². The zero-order valence-electron chi connectivity index (χ0n) is 51.5. The molecule has 83 heavy (non-hydrogen) atoms. The molecule has 0 spiro atoms. The molecule has 0 aliphatic carbocycles. The second kappa shape index (κ2) is 44.5. The largest absolute Gasteiger partial charge is 0.462 e. The molecule has 19 heteroatoms. The van der Waals surface area contributed by atoms with Crippen LogP contribution in [0.4, 0.5) is 4.79 Å². The van der Waals surface area contributed by atoms with Gasteiger partial charge in [0.05, 0.1) is 45.3 Å². The van der Waals surface area contributed by atoms with Crippen molar-refractivity contribution in [2.24, 2.45) is 0 Å². The molecule has 0 saturated carbocycles. The molecule has 0 aromatic heterocycles. The zero-order chi connectivity index (χ0) is 60.6. The van der Waals surface area contributed by atoms with Crippen molar-refractivity contribution in [2.75, 3.05) is 26.4 Å². The molecular formula is C64H107Cl3N2O14. The Hall–Kier alpha value is -2.96. The topological polar surface area (TPSA) is 192 Å². The fourth-order valence-electron chi connectivity index (χ4n) is 10.4. The number of alkyl carbamates (subject to hydrolysis) is 1. The van der Waals surface area contributed by atoms with Crippen LogP contribution in [-0.4, -0.2) is 115 Å². The minimum absolute atomic E-state index is 0.00902. The third-order valence-corrected chi connectivity index (χ3v) is 15.3. The third-order valence-electron chi connectivity index (χ3n) is 15.0. The third kappa shape index (κ3) is 35.4. The summed E-state index contributed by atoms with van der Waals surface area (Å²) < 4.78 is 53.6. The van der Waals surface area contributed by atoms with E-state index < -0.39 is 77.1 Å². The van der Waals surface area contributed by atoms with Gasteiger partial charge in [-0.2, -0.15) is 0 Å². The van der Waals surface area contributed by atoms with Gasteiger partial charge in [0.25, 0.3) is 0 Å². The van der Waals surface area contributed by atoms with E-state index in [2.05, 4.69) is 38.3 Å². The van der Waals surface area contributed by atoms with Crippen molar-refractivity contribution >= 4 is 64.7 Å². The highest BCUT2D eigenvalue weighted by Crippen LogP contribution is 2.35. The van der Waals surface area contributed by atoms with Crippen LogP contribution in [0.1, 0.15) is 253 Å². The van der Waals surface area contributed by atoms with E-state index in [9.17, 15) is 24.0 Å². The standard InChI is InChI=1S/C64H107Cl3N2O14/c1-7-11-15-19-21-23-25-27-32-38-51(79-55(71)40-34-17-13-9-3)42-54(70)68-50(45-75-44-49-36-30-29-31-37-49)46-76-61-58(69-62(74)77-48-64(65,66)67)60(59-53(81-61)47-78-63(5,6)83-59)82-57(73)43-52(80-56(72)41-35-18-14-10-4)39-33-28-26-24-22-20-16-12-8-2/h29-31,36-37,50-53,58-61H,7-28,32-35,38-48H2,1-6H3,(H,68,70)(H,69,74)/t50-,51+,52+,53+,58+,59+,60+,61+/m0/s1. The minimum atomic E-state index is -1.96. The lowest BCUT2D eigenvalue weighted by molar-refractivity contribution is -0.369. The molecular weight excluding hydrogens is 1130 g/mol. The number of hydrogen-bond donors (Lipinski definition) is 2. The van der Waals surface area contributed by atoms with Crippen molar-refractivity contribution in [1.29, 1.82) is 0 Å². The summed E-state index contributed by atoms with van der Waals surface area (Å²) in [6, 6.07) is 7.44. The predicted octanol–water partition coefficient (Wildman–Crippen LogP) is 15.3. The van der Waals surface area contributed by atoms with Crippen molar-refractivity contribution in [3.8, 4) is 0 Å². The monoisotopic (exact) mass is 1230 g/mol. The van der Waals surface area contributed by atoms with Gasteiger partial charge in [0.1, 0.15) is 37.1 Å². The molecule has 2 heterocycles. The summed E-state index contributed by atoms with van der Waals surface area (Å²) in [4.78, 5) is 68.8. The zero-order valence-corrected chi connectivity index (χ0v) is 53.8. The number of ether oxygens (including phenoxy) is 9. The van der Waals surface area contributed by atoms with E-state index in [1.165, 1.54) is 64.2 Å². The fourth-order valence-corrected chi connectivity index (χ4v) is 10.5. The normalized spacial score (nSPS) is 19.7. The van der Waals surface area contributed by atoms with Crippen molar-refractivity contribution in [3.05, 3.63) is 35.9 Å². The van der Waals surface area contributed by atoms with Crippen LogP contribution in [0.5, 0.6) is 0 Å². The molecule has 8 atom stereocenters. The Balaban J connectivity index is 1.91. The summed E-state index contributed by atoms with van der Waals surface area (Å²) >= 11 is 18.0. The Labute approximate surface area is 513 Å². The summed E-state index contributed by atoms with van der Waals surface area (Å²) in [6.45, 7) is 11.4. The van der Waals surface area contributed by atoms with Gasteiger partial charge in [-0.05, 0) is 57.9 Å². The average molecular weight is 1230 g/mol. The van der Waals surface area contributed by atoms with Crippen LogP contribution >= 0.6 is 34.8 Å². The maximum absolute atomic E-state index is 14.4. The highest BCUT2D eigenvalue weighted by Gasteiger charge is 2.54. The van der Waals surface area contributed by atoms with E-state index in [-0.39, 0.29) is 70.0 Å². The van der Waals surface area contributed by atoms with Gasteiger partial charge in [0.15, 0.2) is 18.2 Å². The lowest BCUT2D eigenvalue weighted by Crippen LogP contribution is -2.69. The first-order valence-electron chi connectivity index (χ1n) is 32.0. The number of rotatable bonds is 47. The van der Waals surface area contributed by atoms with Crippen molar-refractivity contribution < 1.29 is 66.6 Å². The molecule has 16 nitrogen and oxygen atoms in total. The van der Waals surface area contributed by atoms with E-state index >= 15 is 0 Å². The summed E-state index contributed by atoms with van der Waals surface area (Å²) in [7, 11) is 0. The number of nitrogens with one attached hydrogen (secondary N) is 2. The highest BCUT2D eigenvalue weighted by atomic mass is 35.6. The van der Waals surface area contributed by atoms with Gasteiger partial charge in [-0.1, -0.05) is 234 Å². The number of amides is 2. The van der Waals surface area contributed by atoms with Gasteiger partial charge in [0.2, 0.25) is 9.70 Å². The first kappa shape index (κ1) is 74.3. The molecule has 0 bridgehead atoms. The summed E-state index contributed by atoms with van der Waals surface area (Å²) in [5, 5.41) is 5.82. The van der Waals surface area contributed by atoms with E-state index in [1.807, 2.05) is 30.3 Å². The van der Waals surface area contributed by atoms with Crippen LogP contribution in [0.25, 0.3) is 0 Å². The predicted molar refractivity (Wildman–Crippen MR) is 326 cm³/mol. The van der Waals surface area contributed by atoms with Gasteiger partial charge >= 0.3 is 24.0 Å². The number of hydrogen-bond acceptors (Lipinski definition) is 14. The van der Waals surface area contributed by atoms with Gasteiger partial charge in [-0.25, -0.2) is 4.79 Å². The van der Waals surface area contributed by atoms with Crippen molar-refractivity contribution in [2.45, 2.75) is 312 Å². The van der Waals surface area contributed by atoms with Gasteiger partial charge in [-0.15, -0.1) is 0 Å². The number of esters is 3. The molecule has 0 unspecified atom stereocenters. The number of unbranched alkanes of at least 4 members (excludes halogenated alkanes) is 22. The Kier molecular flexibility index (Phi) is 39.8. The highest BCUT2D eigenvalue weighted by molar-refractivity contribution is 6.67. The first-order valence-corrected chi connectivity index (χ1v) is 33.2. The number of alkyl halides is 3. The molecule has 2 aliphatic heterocycles. The Morgan fingerprint density at radius 2 is 1.13 bits per heavy atom. The molecule has 478 valence electrons. The molecule has 2 saturated heterocycles. The fraction of sp³-hybridized carbons (Fsp3) is 0.828. The van der Waals surface area contributed by atoms with Gasteiger partial charge in [0, 0.05) is 12.8 Å². The number of carbonyl (C=O) groups excluding carboxylic acids is 5. The maximum atomic E-state index is 14.4. The Morgan fingerprint density at radius 1 is 0.639 bits per heavy atom. The number of carbonyl (C=O) groups is 5.